The first-order chi connectivity index (χ1) is 9.52. The van der Waals surface area contributed by atoms with Crippen molar-refractivity contribution in [2.24, 2.45) is 5.92 Å². The van der Waals surface area contributed by atoms with Crippen LogP contribution in [0, 0.1) is 5.92 Å². The van der Waals surface area contributed by atoms with E-state index in [0.29, 0.717) is 11.1 Å². The van der Waals surface area contributed by atoms with E-state index in [-0.39, 0.29) is 11.3 Å². The summed E-state index contributed by atoms with van der Waals surface area (Å²) in [4.78, 5) is 23.9. The van der Waals surface area contributed by atoms with E-state index in [9.17, 15) is 14.7 Å². The fourth-order valence-corrected chi connectivity index (χ4v) is 2.63. The van der Waals surface area contributed by atoms with Gasteiger partial charge in [0, 0.05) is 11.5 Å². The first kappa shape index (κ1) is 14.1. The SMILES string of the molecule is COC(=O)C1=C(O)c2ccccc2C(C(=O)OC)C1C. The molecule has 20 heavy (non-hydrogen) atoms. The van der Waals surface area contributed by atoms with Gasteiger partial charge in [-0.3, -0.25) is 4.79 Å². The molecule has 1 aliphatic rings. The number of hydrogen-bond acceptors (Lipinski definition) is 5. The third kappa shape index (κ3) is 2.05. The summed E-state index contributed by atoms with van der Waals surface area (Å²) >= 11 is 0. The number of esters is 2. The second-order valence-corrected chi connectivity index (χ2v) is 4.63. The van der Waals surface area contributed by atoms with Crippen molar-refractivity contribution in [2.75, 3.05) is 14.2 Å². The number of benzene rings is 1. The molecule has 0 bridgehead atoms. The van der Waals surface area contributed by atoms with Gasteiger partial charge in [0.15, 0.2) is 0 Å². The van der Waals surface area contributed by atoms with Crippen molar-refractivity contribution in [1.29, 1.82) is 0 Å². The molecule has 2 unspecified atom stereocenters. The summed E-state index contributed by atoms with van der Waals surface area (Å²) in [5.74, 6) is -2.39. The average molecular weight is 276 g/mol. The maximum Gasteiger partial charge on any atom is 0.337 e. The van der Waals surface area contributed by atoms with E-state index in [1.807, 2.05) is 0 Å². The monoisotopic (exact) mass is 276 g/mol. The minimum Gasteiger partial charge on any atom is -0.507 e. The highest BCUT2D eigenvalue weighted by Gasteiger charge is 2.41. The second kappa shape index (κ2) is 5.36. The van der Waals surface area contributed by atoms with Crippen LogP contribution in [-0.4, -0.2) is 31.3 Å². The van der Waals surface area contributed by atoms with Crippen molar-refractivity contribution >= 4 is 17.7 Å². The molecule has 2 atom stereocenters. The predicted octanol–water partition coefficient (Wildman–Crippen LogP) is 2.04. The molecular weight excluding hydrogens is 260 g/mol. The summed E-state index contributed by atoms with van der Waals surface area (Å²) in [6.45, 7) is 1.69. The van der Waals surface area contributed by atoms with Crippen LogP contribution in [0.5, 0.6) is 0 Å². The van der Waals surface area contributed by atoms with Crippen LogP contribution < -0.4 is 0 Å². The predicted molar refractivity (Wildman–Crippen MR) is 71.9 cm³/mol. The van der Waals surface area contributed by atoms with Gasteiger partial charge in [-0.2, -0.15) is 0 Å². The van der Waals surface area contributed by atoms with Gasteiger partial charge in [-0.05, 0) is 5.56 Å². The molecule has 5 heteroatoms. The van der Waals surface area contributed by atoms with Gasteiger partial charge in [-0.15, -0.1) is 0 Å². The number of rotatable bonds is 2. The standard InChI is InChI=1S/C15H16O5/c1-8-11(14(17)19-2)9-6-4-5-7-10(9)13(16)12(8)15(18)20-3/h4-8,11,16H,1-3H3. The van der Waals surface area contributed by atoms with E-state index < -0.39 is 23.8 Å². The van der Waals surface area contributed by atoms with Gasteiger partial charge in [0.1, 0.15) is 5.76 Å². The number of fused-ring (bicyclic) bond motifs is 1. The van der Waals surface area contributed by atoms with Crippen LogP contribution >= 0.6 is 0 Å². The Kier molecular flexibility index (Phi) is 3.79. The molecule has 1 N–H and O–H groups in total. The molecule has 106 valence electrons. The molecule has 1 aliphatic carbocycles. The first-order valence-electron chi connectivity index (χ1n) is 6.21. The molecular formula is C15H16O5. The van der Waals surface area contributed by atoms with E-state index in [0.717, 1.165) is 0 Å². The van der Waals surface area contributed by atoms with Crippen molar-refractivity contribution in [3.63, 3.8) is 0 Å². The van der Waals surface area contributed by atoms with Crippen molar-refractivity contribution < 1.29 is 24.2 Å². The first-order valence-corrected chi connectivity index (χ1v) is 6.21. The van der Waals surface area contributed by atoms with Crippen molar-refractivity contribution in [3.05, 3.63) is 41.0 Å². The molecule has 0 radical (unpaired) electrons. The Bertz CT molecular complexity index is 588. The van der Waals surface area contributed by atoms with Gasteiger partial charge in [-0.1, -0.05) is 31.2 Å². The number of aliphatic hydroxyl groups excluding tert-OH is 1. The maximum absolute atomic E-state index is 12.0. The third-order valence-electron chi connectivity index (χ3n) is 3.62. The lowest BCUT2D eigenvalue weighted by Gasteiger charge is -2.30. The van der Waals surface area contributed by atoms with Gasteiger partial charge in [-0.25, -0.2) is 4.79 Å². The Morgan fingerprint density at radius 1 is 1.15 bits per heavy atom. The molecule has 0 saturated heterocycles. The van der Waals surface area contributed by atoms with Crippen molar-refractivity contribution in [3.8, 4) is 0 Å². The number of carbonyl (C=O) groups is 2. The normalized spacial score (nSPS) is 21.1. The van der Waals surface area contributed by atoms with Gasteiger partial charge in [0.05, 0.1) is 25.7 Å². The summed E-state index contributed by atoms with van der Waals surface area (Å²) in [5, 5.41) is 10.3. The fraction of sp³-hybridized carbons (Fsp3) is 0.333. The molecule has 2 rings (SSSR count). The van der Waals surface area contributed by atoms with E-state index in [4.69, 9.17) is 9.47 Å². The van der Waals surface area contributed by atoms with Crippen LogP contribution in [0.1, 0.15) is 24.0 Å². The van der Waals surface area contributed by atoms with Gasteiger partial charge in [0.25, 0.3) is 0 Å². The fourth-order valence-electron chi connectivity index (χ4n) is 2.63. The van der Waals surface area contributed by atoms with E-state index in [2.05, 4.69) is 0 Å². The topological polar surface area (TPSA) is 72.8 Å². The van der Waals surface area contributed by atoms with Crippen LogP contribution in [0.15, 0.2) is 29.8 Å². The van der Waals surface area contributed by atoms with Crippen LogP contribution in [0.2, 0.25) is 0 Å². The number of methoxy groups -OCH3 is 2. The lowest BCUT2D eigenvalue weighted by Crippen LogP contribution is -2.30. The largest absolute Gasteiger partial charge is 0.507 e. The summed E-state index contributed by atoms with van der Waals surface area (Å²) in [5.41, 5.74) is 1.21. The average Bonchev–Trinajstić information content (AvgIpc) is 2.46. The van der Waals surface area contributed by atoms with E-state index in [1.54, 1.807) is 31.2 Å². The molecule has 0 fully saturated rings. The zero-order valence-corrected chi connectivity index (χ0v) is 11.5. The highest BCUT2D eigenvalue weighted by Crippen LogP contribution is 2.42. The van der Waals surface area contributed by atoms with Crippen LogP contribution in [0.4, 0.5) is 0 Å². The Hall–Kier alpha value is -2.30. The Labute approximate surface area is 116 Å². The van der Waals surface area contributed by atoms with Gasteiger partial charge < -0.3 is 14.6 Å². The highest BCUT2D eigenvalue weighted by atomic mass is 16.5. The summed E-state index contributed by atoms with van der Waals surface area (Å²) in [7, 11) is 2.54. The van der Waals surface area contributed by atoms with E-state index >= 15 is 0 Å². The van der Waals surface area contributed by atoms with Gasteiger partial charge >= 0.3 is 11.9 Å². The van der Waals surface area contributed by atoms with Crippen LogP contribution in [-0.2, 0) is 19.1 Å². The van der Waals surface area contributed by atoms with Crippen molar-refractivity contribution in [2.45, 2.75) is 12.8 Å². The van der Waals surface area contributed by atoms with Crippen LogP contribution in [0.25, 0.3) is 5.76 Å². The Morgan fingerprint density at radius 2 is 1.80 bits per heavy atom. The number of aliphatic hydroxyl groups is 1. The zero-order valence-electron chi connectivity index (χ0n) is 11.5. The molecule has 0 heterocycles. The quantitative estimate of drug-likeness (QED) is 0.837. The maximum atomic E-state index is 12.0. The lowest BCUT2D eigenvalue weighted by atomic mass is 9.74. The molecule has 1 aromatic carbocycles. The van der Waals surface area contributed by atoms with Crippen molar-refractivity contribution in [1.82, 2.24) is 0 Å². The number of hydrogen-bond donors (Lipinski definition) is 1. The summed E-state index contributed by atoms with van der Waals surface area (Å²) < 4.78 is 9.52. The molecule has 0 amide bonds. The third-order valence-corrected chi connectivity index (χ3v) is 3.62. The zero-order chi connectivity index (χ0) is 14.9. The minimum absolute atomic E-state index is 0.0987. The Balaban J connectivity index is 2.67. The summed E-state index contributed by atoms with van der Waals surface area (Å²) in [6, 6.07) is 6.92. The minimum atomic E-state index is -0.640. The molecule has 0 saturated carbocycles. The number of ether oxygens (including phenoxy) is 2. The molecule has 0 aromatic heterocycles. The number of carbonyl (C=O) groups excluding carboxylic acids is 2. The molecule has 5 nitrogen and oxygen atoms in total. The summed E-state index contributed by atoms with van der Waals surface area (Å²) in [6.07, 6.45) is 0. The molecule has 0 spiro atoms. The molecule has 0 aliphatic heterocycles. The van der Waals surface area contributed by atoms with Crippen LogP contribution in [0.3, 0.4) is 0 Å². The Morgan fingerprint density at radius 3 is 2.40 bits per heavy atom. The second-order valence-electron chi connectivity index (χ2n) is 4.63. The smallest absolute Gasteiger partial charge is 0.337 e. The van der Waals surface area contributed by atoms with Gasteiger partial charge in [0.2, 0.25) is 0 Å². The molecule has 1 aromatic rings. The van der Waals surface area contributed by atoms with E-state index in [1.165, 1.54) is 14.2 Å². The highest BCUT2D eigenvalue weighted by molar-refractivity contribution is 6.00. The lowest BCUT2D eigenvalue weighted by molar-refractivity contribution is -0.143.